The number of ether oxygens (including phenoxy) is 1. The predicted octanol–water partition coefficient (Wildman–Crippen LogP) is 2.93. The van der Waals surface area contributed by atoms with Gasteiger partial charge in [-0.05, 0) is 35.9 Å². The van der Waals surface area contributed by atoms with Crippen molar-refractivity contribution in [1.82, 2.24) is 0 Å². The highest BCUT2D eigenvalue weighted by Gasteiger charge is 2.20. The van der Waals surface area contributed by atoms with E-state index < -0.39 is 15.9 Å². The third-order valence-electron chi connectivity index (χ3n) is 3.10. The van der Waals surface area contributed by atoms with Gasteiger partial charge in [-0.25, -0.2) is 8.42 Å². The lowest BCUT2D eigenvalue weighted by molar-refractivity contribution is 0.414. The molecule has 0 aromatic heterocycles. The summed E-state index contributed by atoms with van der Waals surface area (Å²) in [5.41, 5.74) is 6.78. The van der Waals surface area contributed by atoms with Crippen LogP contribution in [0.3, 0.4) is 0 Å². The van der Waals surface area contributed by atoms with Crippen LogP contribution < -0.4 is 10.5 Å². The van der Waals surface area contributed by atoms with E-state index in [9.17, 15) is 8.42 Å². The van der Waals surface area contributed by atoms with Crippen molar-refractivity contribution in [3.8, 4) is 5.75 Å². The summed E-state index contributed by atoms with van der Waals surface area (Å²) in [6.45, 7) is 0. The molecule has 0 spiro atoms. The first kappa shape index (κ1) is 16.0. The van der Waals surface area contributed by atoms with E-state index in [-0.39, 0.29) is 10.6 Å². The van der Waals surface area contributed by atoms with Crippen molar-refractivity contribution in [3.05, 3.63) is 58.6 Å². The molecule has 4 nitrogen and oxygen atoms in total. The maximum atomic E-state index is 12.4. The van der Waals surface area contributed by atoms with Gasteiger partial charge in [0.15, 0.2) is 9.84 Å². The zero-order valence-electron chi connectivity index (χ0n) is 11.5. The average Bonchev–Trinajstić information content (AvgIpc) is 2.47. The number of nitrogens with two attached hydrogens (primary N) is 1. The van der Waals surface area contributed by atoms with Crippen molar-refractivity contribution < 1.29 is 13.2 Å². The standard InChI is InChI=1S/C15H16BrNO3S/c1-20-13-7-5-11(6-8-13)15(17)10-21(18,19)14-4-2-3-12(16)9-14/h2-9,15H,10,17H2,1H3. The molecule has 0 saturated carbocycles. The van der Waals surface area contributed by atoms with Gasteiger partial charge < -0.3 is 10.5 Å². The maximum Gasteiger partial charge on any atom is 0.180 e. The molecular weight excluding hydrogens is 354 g/mol. The summed E-state index contributed by atoms with van der Waals surface area (Å²) < 4.78 is 30.5. The SMILES string of the molecule is COc1ccc(C(N)CS(=O)(=O)c2cccc(Br)c2)cc1. The third-order valence-corrected chi connectivity index (χ3v) is 5.36. The lowest BCUT2D eigenvalue weighted by atomic mass is 10.1. The van der Waals surface area contributed by atoms with Crippen molar-refractivity contribution in [2.24, 2.45) is 5.73 Å². The normalized spacial score (nSPS) is 12.9. The van der Waals surface area contributed by atoms with Gasteiger partial charge in [0.2, 0.25) is 0 Å². The van der Waals surface area contributed by atoms with Gasteiger partial charge in [0.05, 0.1) is 17.8 Å². The number of rotatable bonds is 5. The van der Waals surface area contributed by atoms with E-state index in [1.54, 1.807) is 55.6 Å². The van der Waals surface area contributed by atoms with Gasteiger partial charge in [0.25, 0.3) is 0 Å². The summed E-state index contributed by atoms with van der Waals surface area (Å²) in [4.78, 5) is 0.265. The summed E-state index contributed by atoms with van der Waals surface area (Å²) in [7, 11) is -1.86. The molecule has 0 aliphatic rings. The van der Waals surface area contributed by atoms with Gasteiger partial charge >= 0.3 is 0 Å². The molecule has 2 aromatic rings. The largest absolute Gasteiger partial charge is 0.497 e. The van der Waals surface area contributed by atoms with Crippen molar-refractivity contribution in [2.45, 2.75) is 10.9 Å². The van der Waals surface area contributed by atoms with Gasteiger partial charge in [-0.2, -0.15) is 0 Å². The molecule has 1 unspecified atom stereocenters. The fourth-order valence-electron chi connectivity index (χ4n) is 1.94. The smallest absolute Gasteiger partial charge is 0.180 e. The molecule has 2 aromatic carbocycles. The summed E-state index contributed by atoms with van der Waals surface area (Å²) in [6, 6.07) is 13.1. The quantitative estimate of drug-likeness (QED) is 0.879. The van der Waals surface area contributed by atoms with Gasteiger partial charge in [-0.1, -0.05) is 34.1 Å². The van der Waals surface area contributed by atoms with E-state index in [1.165, 1.54) is 0 Å². The van der Waals surface area contributed by atoms with Gasteiger partial charge in [-0.15, -0.1) is 0 Å². The van der Waals surface area contributed by atoms with E-state index in [4.69, 9.17) is 10.5 Å². The molecule has 0 aliphatic heterocycles. The number of sulfone groups is 1. The first-order valence-corrected chi connectivity index (χ1v) is 8.75. The minimum Gasteiger partial charge on any atom is -0.497 e. The highest BCUT2D eigenvalue weighted by atomic mass is 79.9. The number of hydrogen-bond acceptors (Lipinski definition) is 4. The van der Waals surface area contributed by atoms with Gasteiger partial charge in [0, 0.05) is 10.5 Å². The fourth-order valence-corrected chi connectivity index (χ4v) is 3.94. The van der Waals surface area contributed by atoms with Crippen molar-refractivity contribution in [1.29, 1.82) is 0 Å². The second-order valence-electron chi connectivity index (χ2n) is 4.62. The molecule has 0 fully saturated rings. The van der Waals surface area contributed by atoms with Crippen LogP contribution in [0.25, 0.3) is 0 Å². The lowest BCUT2D eigenvalue weighted by Crippen LogP contribution is -2.21. The topological polar surface area (TPSA) is 69.4 Å². The summed E-state index contributed by atoms with van der Waals surface area (Å²) >= 11 is 3.27. The summed E-state index contributed by atoms with van der Waals surface area (Å²) in [5, 5.41) is 0. The van der Waals surface area contributed by atoms with E-state index in [0.717, 1.165) is 10.0 Å². The van der Waals surface area contributed by atoms with E-state index in [2.05, 4.69) is 15.9 Å². The van der Waals surface area contributed by atoms with E-state index in [0.29, 0.717) is 5.75 Å². The van der Waals surface area contributed by atoms with Crippen LogP contribution in [0.1, 0.15) is 11.6 Å². The van der Waals surface area contributed by atoms with Gasteiger partial charge in [0.1, 0.15) is 5.75 Å². The van der Waals surface area contributed by atoms with Crippen LogP contribution in [0, 0.1) is 0 Å². The molecule has 1 atom stereocenters. The van der Waals surface area contributed by atoms with Crippen LogP contribution in [0.2, 0.25) is 0 Å². The number of benzene rings is 2. The number of halogens is 1. The average molecular weight is 370 g/mol. The molecular formula is C15H16BrNO3S. The van der Waals surface area contributed by atoms with Crippen LogP contribution in [-0.4, -0.2) is 21.3 Å². The molecule has 6 heteroatoms. The minimum absolute atomic E-state index is 0.143. The highest BCUT2D eigenvalue weighted by Crippen LogP contribution is 2.22. The molecule has 2 rings (SSSR count). The maximum absolute atomic E-state index is 12.4. The Balaban J connectivity index is 2.19. The second kappa shape index (κ2) is 6.60. The van der Waals surface area contributed by atoms with Crippen LogP contribution in [0.5, 0.6) is 5.75 Å². The Morgan fingerprint density at radius 1 is 1.19 bits per heavy atom. The lowest BCUT2D eigenvalue weighted by Gasteiger charge is -2.13. The Hall–Kier alpha value is -1.37. The Bertz CT molecular complexity index is 714. The highest BCUT2D eigenvalue weighted by molar-refractivity contribution is 9.10. The minimum atomic E-state index is -3.43. The van der Waals surface area contributed by atoms with Crippen molar-refractivity contribution in [3.63, 3.8) is 0 Å². The second-order valence-corrected chi connectivity index (χ2v) is 7.57. The van der Waals surface area contributed by atoms with Gasteiger partial charge in [-0.3, -0.25) is 0 Å². The van der Waals surface area contributed by atoms with Crippen LogP contribution in [-0.2, 0) is 9.84 Å². The van der Waals surface area contributed by atoms with Crippen molar-refractivity contribution in [2.75, 3.05) is 12.9 Å². The molecule has 0 saturated heterocycles. The molecule has 0 aliphatic carbocycles. The zero-order valence-corrected chi connectivity index (χ0v) is 13.9. The fraction of sp³-hybridized carbons (Fsp3) is 0.200. The molecule has 112 valence electrons. The zero-order chi connectivity index (χ0) is 15.5. The monoisotopic (exact) mass is 369 g/mol. The Morgan fingerprint density at radius 3 is 2.43 bits per heavy atom. The van der Waals surface area contributed by atoms with Crippen LogP contribution >= 0.6 is 15.9 Å². The summed E-state index contributed by atoms with van der Waals surface area (Å²) in [5.74, 6) is 0.566. The van der Waals surface area contributed by atoms with Crippen LogP contribution in [0.4, 0.5) is 0 Å². The molecule has 0 amide bonds. The molecule has 0 heterocycles. The van der Waals surface area contributed by atoms with E-state index in [1.807, 2.05) is 0 Å². The molecule has 0 bridgehead atoms. The summed E-state index contributed by atoms with van der Waals surface area (Å²) in [6.07, 6.45) is 0. The number of methoxy groups -OCH3 is 1. The molecule has 0 radical (unpaired) electrons. The van der Waals surface area contributed by atoms with Crippen LogP contribution in [0.15, 0.2) is 57.9 Å². The Labute approximate surface area is 133 Å². The predicted molar refractivity (Wildman–Crippen MR) is 86.1 cm³/mol. The first-order chi connectivity index (χ1) is 9.92. The molecule has 2 N–H and O–H groups in total. The Morgan fingerprint density at radius 2 is 1.86 bits per heavy atom. The van der Waals surface area contributed by atoms with E-state index >= 15 is 0 Å². The first-order valence-electron chi connectivity index (χ1n) is 6.30. The van der Waals surface area contributed by atoms with Crippen molar-refractivity contribution >= 4 is 25.8 Å². The number of hydrogen-bond donors (Lipinski definition) is 1. The third kappa shape index (κ3) is 4.06. The Kier molecular flexibility index (Phi) is 5.03. The molecule has 21 heavy (non-hydrogen) atoms.